The molecule has 0 spiro atoms. The summed E-state index contributed by atoms with van der Waals surface area (Å²) in [5, 5.41) is 1.03. The molecule has 0 bridgehead atoms. The van der Waals surface area contributed by atoms with Crippen LogP contribution in [-0.4, -0.2) is 8.42 Å². The smallest absolute Gasteiger partial charge is 0.261 e. The monoisotopic (exact) mass is 411 g/mol. The number of hydrogen-bond acceptors (Lipinski definition) is 3. The second-order valence-electron chi connectivity index (χ2n) is 9.39. The number of rotatable bonds is 3. The van der Waals surface area contributed by atoms with Gasteiger partial charge in [-0.15, -0.1) is 0 Å². The molecule has 1 aliphatic rings. The molecule has 5 heteroatoms. The zero-order valence-corrected chi connectivity index (χ0v) is 18.6. The number of benzene rings is 2. The molecule has 0 saturated carbocycles. The maximum Gasteiger partial charge on any atom is 0.261 e. The Bertz CT molecular complexity index is 1170. The number of fused-ring (bicyclic) bond motifs is 3. The van der Waals surface area contributed by atoms with Gasteiger partial charge in [0.05, 0.1) is 10.6 Å². The van der Waals surface area contributed by atoms with Gasteiger partial charge in [-0.1, -0.05) is 38.5 Å². The highest BCUT2D eigenvalue weighted by molar-refractivity contribution is 7.92. The van der Waals surface area contributed by atoms with E-state index in [2.05, 4.69) is 25.5 Å². The van der Waals surface area contributed by atoms with Crippen molar-refractivity contribution in [1.29, 1.82) is 0 Å². The normalized spacial score (nSPS) is 17.3. The first kappa shape index (κ1) is 20.0. The van der Waals surface area contributed by atoms with E-state index >= 15 is 0 Å². The van der Waals surface area contributed by atoms with Gasteiger partial charge < -0.3 is 4.42 Å². The van der Waals surface area contributed by atoms with Gasteiger partial charge in [-0.3, -0.25) is 4.72 Å². The number of hydrogen-bond donors (Lipinski definition) is 1. The second-order valence-corrected chi connectivity index (χ2v) is 11.1. The molecule has 0 saturated heterocycles. The Morgan fingerprint density at radius 1 is 1.07 bits per heavy atom. The lowest BCUT2D eigenvalue weighted by atomic mass is 9.71. The van der Waals surface area contributed by atoms with E-state index in [0.717, 1.165) is 47.1 Å². The number of aryl methyl sites for hydroxylation is 3. The summed E-state index contributed by atoms with van der Waals surface area (Å²) in [6, 6.07) is 10.8. The van der Waals surface area contributed by atoms with Crippen LogP contribution in [0.15, 0.2) is 45.7 Å². The largest absolute Gasteiger partial charge is 0.461 e. The summed E-state index contributed by atoms with van der Waals surface area (Å²) in [6.07, 6.45) is 3.04. The molecule has 1 heterocycles. The molecule has 2 aromatic carbocycles. The van der Waals surface area contributed by atoms with Crippen molar-refractivity contribution in [3.05, 3.63) is 58.8 Å². The third kappa shape index (κ3) is 3.80. The van der Waals surface area contributed by atoms with Crippen molar-refractivity contribution in [1.82, 2.24) is 0 Å². The van der Waals surface area contributed by atoms with Crippen molar-refractivity contribution in [2.24, 2.45) is 11.3 Å². The SMILES string of the molecule is Cc1ccc(S(=O)(=O)Nc2cc3c4c(oc3cc2C)CC[C@@H](C(C)(C)C)C4)cc1. The Labute approximate surface area is 173 Å². The minimum Gasteiger partial charge on any atom is -0.461 e. The number of furan rings is 1. The van der Waals surface area contributed by atoms with E-state index in [1.807, 2.05) is 38.1 Å². The molecule has 154 valence electrons. The Morgan fingerprint density at radius 3 is 2.41 bits per heavy atom. The fourth-order valence-corrected chi connectivity index (χ4v) is 5.32. The molecule has 0 unspecified atom stereocenters. The maximum atomic E-state index is 12.9. The van der Waals surface area contributed by atoms with Crippen LogP contribution in [0.5, 0.6) is 0 Å². The van der Waals surface area contributed by atoms with Crippen LogP contribution < -0.4 is 4.72 Å². The molecule has 0 aliphatic heterocycles. The number of anilines is 1. The van der Waals surface area contributed by atoms with Gasteiger partial charge in [0.25, 0.3) is 10.0 Å². The van der Waals surface area contributed by atoms with E-state index in [9.17, 15) is 8.42 Å². The topological polar surface area (TPSA) is 59.3 Å². The van der Waals surface area contributed by atoms with Crippen LogP contribution in [0.2, 0.25) is 0 Å². The molecular formula is C24H29NO3S. The predicted octanol–water partition coefficient (Wildman–Crippen LogP) is 6.00. The van der Waals surface area contributed by atoms with Crippen LogP contribution in [0.3, 0.4) is 0 Å². The summed E-state index contributed by atoms with van der Waals surface area (Å²) >= 11 is 0. The first-order valence-electron chi connectivity index (χ1n) is 10.2. The third-order valence-electron chi connectivity index (χ3n) is 6.19. The van der Waals surface area contributed by atoms with Gasteiger partial charge in [0.15, 0.2) is 0 Å². The Hall–Kier alpha value is -2.27. The van der Waals surface area contributed by atoms with Crippen LogP contribution in [0.25, 0.3) is 11.0 Å². The molecule has 0 amide bonds. The van der Waals surface area contributed by atoms with Crippen molar-refractivity contribution >= 4 is 26.7 Å². The first-order valence-corrected chi connectivity index (χ1v) is 11.7. The van der Waals surface area contributed by atoms with Gasteiger partial charge >= 0.3 is 0 Å². The van der Waals surface area contributed by atoms with Crippen molar-refractivity contribution in [2.45, 2.75) is 58.8 Å². The van der Waals surface area contributed by atoms with Gasteiger partial charge in [0.1, 0.15) is 11.3 Å². The van der Waals surface area contributed by atoms with E-state index in [0.29, 0.717) is 11.6 Å². The van der Waals surface area contributed by atoms with Gasteiger partial charge in [-0.05, 0) is 67.9 Å². The Balaban J connectivity index is 1.73. The molecule has 29 heavy (non-hydrogen) atoms. The van der Waals surface area contributed by atoms with Crippen LogP contribution in [-0.2, 0) is 22.9 Å². The standard InChI is InChI=1S/C24H29NO3S/c1-15-6-9-18(10-7-15)29(26,27)25-21-14-20-19-13-17(24(3,4)5)8-11-22(19)28-23(20)12-16(21)2/h6-7,9-10,12,14,17,25H,8,11,13H2,1-5H3/t17-/m1/s1. The van der Waals surface area contributed by atoms with Crippen molar-refractivity contribution in [3.8, 4) is 0 Å². The van der Waals surface area contributed by atoms with Gasteiger partial charge in [0, 0.05) is 17.4 Å². The summed E-state index contributed by atoms with van der Waals surface area (Å²) < 4.78 is 34.7. The highest BCUT2D eigenvalue weighted by Crippen LogP contribution is 2.42. The molecule has 4 rings (SSSR count). The van der Waals surface area contributed by atoms with E-state index in [1.54, 1.807) is 12.1 Å². The van der Waals surface area contributed by atoms with Crippen LogP contribution in [0, 0.1) is 25.2 Å². The molecule has 3 aromatic rings. The fourth-order valence-electron chi connectivity index (χ4n) is 4.20. The summed E-state index contributed by atoms with van der Waals surface area (Å²) in [7, 11) is -3.64. The molecule has 0 fully saturated rings. The molecule has 0 radical (unpaired) electrons. The number of sulfonamides is 1. The van der Waals surface area contributed by atoms with Gasteiger partial charge in [-0.2, -0.15) is 0 Å². The minimum absolute atomic E-state index is 0.238. The molecule has 1 aromatic heterocycles. The Morgan fingerprint density at radius 2 is 1.76 bits per heavy atom. The van der Waals surface area contributed by atoms with Crippen LogP contribution in [0.4, 0.5) is 5.69 Å². The second kappa shape index (κ2) is 6.91. The lowest BCUT2D eigenvalue weighted by Crippen LogP contribution is -2.26. The van der Waals surface area contributed by atoms with Gasteiger partial charge in [-0.25, -0.2) is 8.42 Å². The summed E-state index contributed by atoms with van der Waals surface area (Å²) in [4.78, 5) is 0.268. The minimum atomic E-state index is -3.64. The zero-order chi connectivity index (χ0) is 21.0. The molecular weight excluding hydrogens is 382 g/mol. The van der Waals surface area contributed by atoms with Crippen LogP contribution >= 0.6 is 0 Å². The highest BCUT2D eigenvalue weighted by atomic mass is 32.2. The summed E-state index contributed by atoms with van der Waals surface area (Å²) in [5.41, 5.74) is 4.82. The average Bonchev–Trinajstić information content (AvgIpc) is 2.98. The summed E-state index contributed by atoms with van der Waals surface area (Å²) in [6.45, 7) is 10.7. The van der Waals surface area contributed by atoms with Crippen LogP contribution in [0.1, 0.15) is 49.6 Å². The van der Waals surface area contributed by atoms with E-state index < -0.39 is 10.0 Å². The highest BCUT2D eigenvalue weighted by Gasteiger charge is 2.32. The Kier molecular flexibility index (Phi) is 4.77. The van der Waals surface area contributed by atoms with E-state index in [-0.39, 0.29) is 10.3 Å². The van der Waals surface area contributed by atoms with E-state index in [1.165, 1.54) is 5.56 Å². The first-order chi connectivity index (χ1) is 13.5. The van der Waals surface area contributed by atoms with Crippen molar-refractivity contribution < 1.29 is 12.8 Å². The van der Waals surface area contributed by atoms with E-state index in [4.69, 9.17) is 4.42 Å². The molecule has 4 nitrogen and oxygen atoms in total. The van der Waals surface area contributed by atoms with Crippen molar-refractivity contribution in [3.63, 3.8) is 0 Å². The maximum absolute atomic E-state index is 12.9. The molecule has 1 atom stereocenters. The fraction of sp³-hybridized carbons (Fsp3) is 0.417. The molecule has 1 aliphatic carbocycles. The quantitative estimate of drug-likeness (QED) is 0.575. The third-order valence-corrected chi connectivity index (χ3v) is 7.57. The van der Waals surface area contributed by atoms with Crippen molar-refractivity contribution in [2.75, 3.05) is 4.72 Å². The lowest BCUT2D eigenvalue weighted by Gasteiger charge is -2.33. The summed E-state index contributed by atoms with van der Waals surface area (Å²) in [5.74, 6) is 1.64. The molecule has 1 N–H and O–H groups in total. The van der Waals surface area contributed by atoms with Gasteiger partial charge in [0.2, 0.25) is 0 Å². The zero-order valence-electron chi connectivity index (χ0n) is 17.8. The average molecular weight is 412 g/mol. The lowest BCUT2D eigenvalue weighted by molar-refractivity contribution is 0.210. The predicted molar refractivity (Wildman–Crippen MR) is 118 cm³/mol. The number of nitrogens with one attached hydrogen (secondary N) is 1.